The van der Waals surface area contributed by atoms with Crippen LogP contribution in [-0.4, -0.2) is 14.6 Å². The van der Waals surface area contributed by atoms with Crippen LogP contribution in [0.25, 0.3) is 5.65 Å². The zero-order valence-corrected chi connectivity index (χ0v) is 12.0. The van der Waals surface area contributed by atoms with Gasteiger partial charge in [-0.25, -0.2) is 9.50 Å². The van der Waals surface area contributed by atoms with Crippen molar-refractivity contribution in [2.45, 2.75) is 19.8 Å². The minimum atomic E-state index is -0.0953. The Labute approximate surface area is 121 Å². The number of H-pyrrole nitrogens is 1. The predicted octanol–water partition coefficient (Wildman–Crippen LogP) is 3.14. The number of halogens is 1. The maximum atomic E-state index is 11.9. The summed E-state index contributed by atoms with van der Waals surface area (Å²) in [5.74, 6) is 0.133. The number of hydrogen-bond donors (Lipinski definition) is 1. The van der Waals surface area contributed by atoms with Gasteiger partial charge < -0.3 is 0 Å². The first-order valence-electron chi connectivity index (χ1n) is 6.39. The van der Waals surface area contributed by atoms with Gasteiger partial charge in [-0.15, -0.1) is 0 Å². The van der Waals surface area contributed by atoms with Crippen LogP contribution < -0.4 is 5.56 Å². The average Bonchev–Trinajstić information content (AvgIpc) is 2.83. The molecule has 0 aliphatic carbocycles. The summed E-state index contributed by atoms with van der Waals surface area (Å²) in [7, 11) is 0. The van der Waals surface area contributed by atoms with Gasteiger partial charge in [0.15, 0.2) is 5.65 Å². The fraction of sp³-hybridized carbons (Fsp3) is 0.200. The maximum Gasteiger partial charge on any atom is 0.272 e. The molecule has 0 saturated carbocycles. The van der Waals surface area contributed by atoms with E-state index >= 15 is 0 Å². The second kappa shape index (κ2) is 4.80. The summed E-state index contributed by atoms with van der Waals surface area (Å²) in [5.41, 5.74) is 3.35. The molecule has 0 radical (unpaired) electrons. The van der Waals surface area contributed by atoms with E-state index in [0.717, 1.165) is 17.0 Å². The topological polar surface area (TPSA) is 50.2 Å². The molecule has 102 valence electrons. The Hall–Kier alpha value is -2.07. The monoisotopic (exact) mass is 287 g/mol. The van der Waals surface area contributed by atoms with Gasteiger partial charge in [0.2, 0.25) is 0 Å². The SMILES string of the molecule is Cc1cc(=O)n2[nH]c(C(C)c3ccc(Cl)cc3)cc2n1. The number of nitrogens with zero attached hydrogens (tertiary/aromatic N) is 2. The van der Waals surface area contributed by atoms with Crippen LogP contribution in [0.1, 0.15) is 29.8 Å². The Bertz CT molecular complexity index is 817. The van der Waals surface area contributed by atoms with Crippen LogP contribution >= 0.6 is 11.6 Å². The van der Waals surface area contributed by atoms with E-state index in [1.807, 2.05) is 37.3 Å². The van der Waals surface area contributed by atoms with Crippen molar-refractivity contribution in [3.05, 3.63) is 68.7 Å². The van der Waals surface area contributed by atoms with Gasteiger partial charge in [0.05, 0.1) is 0 Å². The molecule has 1 atom stereocenters. The molecule has 2 heterocycles. The number of aryl methyl sites for hydroxylation is 1. The van der Waals surface area contributed by atoms with Crippen LogP contribution in [0.3, 0.4) is 0 Å². The molecule has 1 aromatic carbocycles. The van der Waals surface area contributed by atoms with Crippen molar-refractivity contribution in [1.82, 2.24) is 14.6 Å². The molecule has 0 saturated heterocycles. The molecule has 20 heavy (non-hydrogen) atoms. The molecule has 3 aromatic rings. The zero-order valence-electron chi connectivity index (χ0n) is 11.2. The third-order valence-corrected chi connectivity index (χ3v) is 3.69. The van der Waals surface area contributed by atoms with Gasteiger partial charge in [-0.05, 0) is 24.6 Å². The molecule has 4 nitrogen and oxygen atoms in total. The molecule has 0 bridgehead atoms. The largest absolute Gasteiger partial charge is 0.293 e. The number of fused-ring (bicyclic) bond motifs is 1. The third kappa shape index (κ3) is 2.23. The lowest BCUT2D eigenvalue weighted by Crippen LogP contribution is -2.14. The third-order valence-electron chi connectivity index (χ3n) is 3.43. The molecule has 1 N–H and O–H groups in total. The standard InChI is InChI=1S/C15H14ClN3O/c1-9-7-15(20)19-14(17-9)8-13(18-19)10(2)11-3-5-12(16)6-4-11/h3-8,10,18H,1-2H3. The van der Waals surface area contributed by atoms with E-state index in [1.54, 1.807) is 0 Å². The summed E-state index contributed by atoms with van der Waals surface area (Å²) in [5, 5.41) is 3.83. The van der Waals surface area contributed by atoms with Crippen LogP contribution in [-0.2, 0) is 0 Å². The van der Waals surface area contributed by atoms with Gasteiger partial charge in [0, 0.05) is 34.5 Å². The zero-order chi connectivity index (χ0) is 14.3. The highest BCUT2D eigenvalue weighted by molar-refractivity contribution is 6.30. The Morgan fingerprint density at radius 2 is 1.95 bits per heavy atom. The van der Waals surface area contributed by atoms with E-state index in [0.29, 0.717) is 10.7 Å². The van der Waals surface area contributed by atoms with Gasteiger partial charge in [0.25, 0.3) is 5.56 Å². The number of aromatic nitrogens is 3. The summed E-state index contributed by atoms with van der Waals surface area (Å²) in [6.07, 6.45) is 0. The molecule has 0 fully saturated rings. The van der Waals surface area contributed by atoms with Gasteiger partial charge >= 0.3 is 0 Å². The number of nitrogens with one attached hydrogen (secondary N) is 1. The Morgan fingerprint density at radius 1 is 1.25 bits per heavy atom. The van der Waals surface area contributed by atoms with Crippen molar-refractivity contribution in [1.29, 1.82) is 0 Å². The number of hydrogen-bond acceptors (Lipinski definition) is 2. The Balaban J connectivity index is 2.08. The highest BCUT2D eigenvalue weighted by Gasteiger charge is 2.13. The average molecular weight is 288 g/mol. The summed E-state index contributed by atoms with van der Waals surface area (Å²) >= 11 is 5.90. The number of rotatable bonds is 2. The van der Waals surface area contributed by atoms with Crippen LogP contribution in [0.2, 0.25) is 5.02 Å². The fourth-order valence-corrected chi connectivity index (χ4v) is 2.41. The van der Waals surface area contributed by atoms with Crippen molar-refractivity contribution in [2.75, 3.05) is 0 Å². The summed E-state index contributed by atoms with van der Waals surface area (Å²) in [4.78, 5) is 16.2. The quantitative estimate of drug-likeness (QED) is 0.787. The lowest BCUT2D eigenvalue weighted by Gasteiger charge is -2.09. The molecule has 1 unspecified atom stereocenters. The molecule has 0 aliphatic rings. The van der Waals surface area contributed by atoms with Gasteiger partial charge in [0.1, 0.15) is 0 Å². The second-order valence-corrected chi connectivity index (χ2v) is 5.35. The van der Waals surface area contributed by atoms with Crippen LogP contribution in [0.4, 0.5) is 0 Å². The normalized spacial score (nSPS) is 12.8. The first-order chi connectivity index (χ1) is 9.54. The highest BCUT2D eigenvalue weighted by Crippen LogP contribution is 2.24. The first kappa shape index (κ1) is 12.9. The van der Waals surface area contributed by atoms with E-state index < -0.39 is 0 Å². The summed E-state index contributed by atoms with van der Waals surface area (Å²) in [6.45, 7) is 3.89. The van der Waals surface area contributed by atoms with Crippen LogP contribution in [0.5, 0.6) is 0 Å². The van der Waals surface area contributed by atoms with Crippen molar-refractivity contribution in [3.63, 3.8) is 0 Å². The minimum absolute atomic E-state index is 0.0953. The molecule has 3 rings (SSSR count). The number of benzene rings is 1. The predicted molar refractivity (Wildman–Crippen MR) is 79.5 cm³/mol. The number of aromatic amines is 1. The molecule has 0 amide bonds. The smallest absolute Gasteiger partial charge is 0.272 e. The molecule has 2 aromatic heterocycles. The van der Waals surface area contributed by atoms with Crippen molar-refractivity contribution >= 4 is 17.2 Å². The van der Waals surface area contributed by atoms with E-state index in [9.17, 15) is 4.79 Å². The molecule has 0 aliphatic heterocycles. The van der Waals surface area contributed by atoms with Crippen molar-refractivity contribution < 1.29 is 0 Å². The Kier molecular flexibility index (Phi) is 3.10. The summed E-state index contributed by atoms with van der Waals surface area (Å²) < 4.78 is 1.47. The lowest BCUT2D eigenvalue weighted by atomic mass is 9.98. The van der Waals surface area contributed by atoms with E-state index in [-0.39, 0.29) is 11.5 Å². The maximum absolute atomic E-state index is 11.9. The van der Waals surface area contributed by atoms with E-state index in [1.165, 1.54) is 10.6 Å². The molecule has 5 heteroatoms. The van der Waals surface area contributed by atoms with Crippen molar-refractivity contribution in [2.24, 2.45) is 0 Å². The van der Waals surface area contributed by atoms with Gasteiger partial charge in [-0.1, -0.05) is 30.7 Å². The lowest BCUT2D eigenvalue weighted by molar-refractivity contribution is 0.802. The van der Waals surface area contributed by atoms with Crippen LogP contribution in [0, 0.1) is 6.92 Å². The second-order valence-electron chi connectivity index (χ2n) is 4.91. The molecule has 0 spiro atoms. The van der Waals surface area contributed by atoms with E-state index in [2.05, 4.69) is 17.0 Å². The first-order valence-corrected chi connectivity index (χ1v) is 6.77. The van der Waals surface area contributed by atoms with E-state index in [4.69, 9.17) is 11.6 Å². The minimum Gasteiger partial charge on any atom is -0.293 e. The molecular weight excluding hydrogens is 274 g/mol. The summed E-state index contributed by atoms with van der Waals surface area (Å²) in [6, 6.07) is 11.1. The van der Waals surface area contributed by atoms with Gasteiger partial charge in [-0.3, -0.25) is 9.89 Å². The van der Waals surface area contributed by atoms with Crippen LogP contribution in [0.15, 0.2) is 41.2 Å². The van der Waals surface area contributed by atoms with Gasteiger partial charge in [-0.2, -0.15) is 0 Å². The van der Waals surface area contributed by atoms with Crippen molar-refractivity contribution in [3.8, 4) is 0 Å². The Morgan fingerprint density at radius 3 is 2.65 bits per heavy atom. The molecular formula is C15H14ClN3O. The highest BCUT2D eigenvalue weighted by atomic mass is 35.5. The fourth-order valence-electron chi connectivity index (χ4n) is 2.28.